The Labute approximate surface area is 165 Å². The highest BCUT2D eigenvalue weighted by Crippen LogP contribution is 2.40. The van der Waals surface area contributed by atoms with E-state index in [0.29, 0.717) is 28.2 Å². The van der Waals surface area contributed by atoms with Gasteiger partial charge in [0.05, 0.1) is 11.3 Å². The lowest BCUT2D eigenvalue weighted by atomic mass is 10.0. The molecule has 0 saturated carbocycles. The second-order valence-corrected chi connectivity index (χ2v) is 7.62. The maximum absolute atomic E-state index is 11.1. The zero-order valence-electron chi connectivity index (χ0n) is 14.4. The van der Waals surface area contributed by atoms with Crippen LogP contribution < -0.4 is 4.74 Å². The van der Waals surface area contributed by atoms with Crippen molar-refractivity contribution in [2.24, 2.45) is 0 Å². The summed E-state index contributed by atoms with van der Waals surface area (Å²) >= 11 is 7.14. The van der Waals surface area contributed by atoms with Gasteiger partial charge in [-0.2, -0.15) is 4.98 Å². The Morgan fingerprint density at radius 1 is 1.22 bits per heavy atom. The fourth-order valence-corrected chi connectivity index (χ4v) is 3.77. The van der Waals surface area contributed by atoms with Crippen molar-refractivity contribution in [2.75, 3.05) is 5.75 Å². The Hall–Kier alpha value is -2.57. The molecule has 0 radical (unpaired) electrons. The van der Waals surface area contributed by atoms with E-state index in [1.807, 2.05) is 31.2 Å². The van der Waals surface area contributed by atoms with Gasteiger partial charge in [0, 0.05) is 17.0 Å². The Morgan fingerprint density at radius 2 is 2.00 bits per heavy atom. The van der Waals surface area contributed by atoms with Crippen molar-refractivity contribution in [3.63, 3.8) is 0 Å². The molecule has 5 nitrogen and oxygen atoms in total. The number of rotatable bonds is 4. The molecule has 4 rings (SSSR count). The Balaban J connectivity index is 1.80. The fraction of sp³-hybridized carbons (Fsp3) is 0.150. The van der Waals surface area contributed by atoms with Crippen LogP contribution in [0.4, 0.5) is 0 Å². The molecular weight excluding hydrogens is 384 g/mol. The third kappa shape index (κ3) is 3.77. The standard InChI is InChI=1S/C20H15ClN2O3S/c1-11-2-7-16-13(8-11)9-15-19(26-16)22-18(12-3-5-14(21)6-4-12)23-20(15)27-10-17(24)25/h2-8H,9-10H2,1H3,(H,24,25). The zero-order valence-corrected chi connectivity index (χ0v) is 16.0. The predicted octanol–water partition coefficient (Wildman–Crippen LogP) is 4.98. The third-order valence-electron chi connectivity index (χ3n) is 4.16. The van der Waals surface area contributed by atoms with Crippen molar-refractivity contribution < 1.29 is 14.6 Å². The lowest BCUT2D eigenvalue weighted by molar-refractivity contribution is -0.133. The number of halogens is 1. The van der Waals surface area contributed by atoms with Gasteiger partial charge in [-0.3, -0.25) is 4.79 Å². The first-order chi connectivity index (χ1) is 13.0. The lowest BCUT2D eigenvalue weighted by Gasteiger charge is -2.22. The van der Waals surface area contributed by atoms with E-state index < -0.39 is 5.97 Å². The highest BCUT2D eigenvalue weighted by atomic mass is 35.5. The molecular formula is C20H15ClN2O3S. The van der Waals surface area contributed by atoms with Gasteiger partial charge in [0.25, 0.3) is 0 Å². The van der Waals surface area contributed by atoms with Gasteiger partial charge in [0.1, 0.15) is 10.8 Å². The number of carboxylic acid groups (broad SMARTS) is 1. The van der Waals surface area contributed by atoms with Crippen molar-refractivity contribution in [2.45, 2.75) is 18.4 Å². The summed E-state index contributed by atoms with van der Waals surface area (Å²) in [5.41, 5.74) is 3.79. The van der Waals surface area contributed by atoms with Gasteiger partial charge in [-0.05, 0) is 42.8 Å². The van der Waals surface area contributed by atoms with Crippen molar-refractivity contribution in [3.05, 3.63) is 64.2 Å². The monoisotopic (exact) mass is 398 g/mol. The molecule has 0 atom stereocenters. The minimum Gasteiger partial charge on any atom is -0.481 e. The number of aliphatic carboxylic acids is 1. The number of thioether (sulfide) groups is 1. The summed E-state index contributed by atoms with van der Waals surface area (Å²) in [5.74, 6) is 0.744. The van der Waals surface area contributed by atoms with Gasteiger partial charge in [-0.15, -0.1) is 0 Å². The number of nitrogens with zero attached hydrogens (tertiary/aromatic N) is 2. The van der Waals surface area contributed by atoms with Crippen molar-refractivity contribution in [1.82, 2.24) is 9.97 Å². The van der Waals surface area contributed by atoms with Crippen LogP contribution >= 0.6 is 23.4 Å². The molecule has 0 amide bonds. The quantitative estimate of drug-likeness (QED) is 0.386. The first-order valence-electron chi connectivity index (χ1n) is 8.28. The van der Waals surface area contributed by atoms with Crippen LogP contribution in [0.3, 0.4) is 0 Å². The number of fused-ring (bicyclic) bond motifs is 2. The largest absolute Gasteiger partial charge is 0.481 e. The van der Waals surface area contributed by atoms with Gasteiger partial charge < -0.3 is 9.84 Å². The molecule has 0 saturated heterocycles. The minimum atomic E-state index is -0.895. The number of hydrogen-bond donors (Lipinski definition) is 1. The second kappa shape index (κ2) is 7.21. The molecule has 7 heteroatoms. The molecule has 0 bridgehead atoms. The Bertz CT molecular complexity index is 1040. The van der Waals surface area contributed by atoms with E-state index in [1.165, 1.54) is 11.8 Å². The lowest BCUT2D eigenvalue weighted by Crippen LogP contribution is -2.10. The summed E-state index contributed by atoms with van der Waals surface area (Å²) < 4.78 is 6.03. The van der Waals surface area contributed by atoms with Crippen LogP contribution in [0.2, 0.25) is 5.02 Å². The maximum Gasteiger partial charge on any atom is 0.313 e. The van der Waals surface area contributed by atoms with Crippen molar-refractivity contribution >= 4 is 29.3 Å². The summed E-state index contributed by atoms with van der Waals surface area (Å²) in [6.45, 7) is 2.02. The normalized spacial score (nSPS) is 12.1. The first-order valence-corrected chi connectivity index (χ1v) is 9.65. The van der Waals surface area contributed by atoms with Crippen LogP contribution in [-0.2, 0) is 11.2 Å². The van der Waals surface area contributed by atoms with E-state index in [0.717, 1.165) is 28.0 Å². The molecule has 2 heterocycles. The van der Waals surface area contributed by atoms with E-state index in [-0.39, 0.29) is 5.75 Å². The minimum absolute atomic E-state index is 0.0792. The third-order valence-corrected chi connectivity index (χ3v) is 5.41. The second-order valence-electron chi connectivity index (χ2n) is 6.22. The van der Waals surface area contributed by atoms with Crippen LogP contribution in [0.5, 0.6) is 11.6 Å². The molecule has 2 aromatic carbocycles. The van der Waals surface area contributed by atoms with Crippen LogP contribution in [0.25, 0.3) is 11.4 Å². The molecule has 1 aliphatic rings. The van der Waals surface area contributed by atoms with Crippen LogP contribution in [-0.4, -0.2) is 26.8 Å². The molecule has 1 N–H and O–H groups in total. The number of hydrogen-bond acceptors (Lipinski definition) is 5. The van der Waals surface area contributed by atoms with E-state index >= 15 is 0 Å². The number of ether oxygens (including phenoxy) is 1. The topological polar surface area (TPSA) is 72.3 Å². The van der Waals surface area contributed by atoms with Crippen LogP contribution in [0, 0.1) is 6.92 Å². The van der Waals surface area contributed by atoms with E-state index in [2.05, 4.69) is 16.0 Å². The maximum atomic E-state index is 11.1. The number of aryl methyl sites for hydroxylation is 1. The first kappa shape index (κ1) is 17.8. The molecule has 0 fully saturated rings. The Kier molecular flexibility index (Phi) is 4.76. The molecule has 136 valence electrons. The zero-order chi connectivity index (χ0) is 19.0. The van der Waals surface area contributed by atoms with Crippen LogP contribution in [0.15, 0.2) is 47.5 Å². The van der Waals surface area contributed by atoms with Gasteiger partial charge in [-0.25, -0.2) is 4.98 Å². The van der Waals surface area contributed by atoms with Gasteiger partial charge in [-0.1, -0.05) is 41.1 Å². The van der Waals surface area contributed by atoms with Gasteiger partial charge >= 0.3 is 5.97 Å². The number of carbonyl (C=O) groups is 1. The summed E-state index contributed by atoms with van der Waals surface area (Å²) in [7, 11) is 0. The molecule has 0 spiro atoms. The highest BCUT2D eigenvalue weighted by Gasteiger charge is 2.24. The molecule has 0 aliphatic carbocycles. The summed E-state index contributed by atoms with van der Waals surface area (Å²) in [5, 5.41) is 10.3. The smallest absolute Gasteiger partial charge is 0.313 e. The summed E-state index contributed by atoms with van der Waals surface area (Å²) in [4.78, 5) is 20.3. The van der Waals surface area contributed by atoms with E-state index in [1.54, 1.807) is 12.1 Å². The number of benzene rings is 2. The number of carboxylic acids is 1. The number of aromatic nitrogens is 2. The summed E-state index contributed by atoms with van der Waals surface area (Å²) in [6.07, 6.45) is 0.606. The SMILES string of the molecule is Cc1ccc2c(c1)Cc1c(nc(-c3ccc(Cl)cc3)nc1SCC(=O)O)O2. The average molecular weight is 399 g/mol. The van der Waals surface area contributed by atoms with Gasteiger partial charge in [0.15, 0.2) is 5.82 Å². The van der Waals surface area contributed by atoms with E-state index in [9.17, 15) is 4.79 Å². The molecule has 1 aromatic heterocycles. The Morgan fingerprint density at radius 3 is 2.74 bits per heavy atom. The van der Waals surface area contributed by atoms with Gasteiger partial charge in [0.2, 0.25) is 5.88 Å². The van der Waals surface area contributed by atoms with Crippen molar-refractivity contribution in [3.8, 4) is 23.0 Å². The molecule has 1 aliphatic heterocycles. The van der Waals surface area contributed by atoms with E-state index in [4.69, 9.17) is 21.4 Å². The van der Waals surface area contributed by atoms with Crippen molar-refractivity contribution in [1.29, 1.82) is 0 Å². The van der Waals surface area contributed by atoms with Crippen LogP contribution in [0.1, 0.15) is 16.7 Å². The molecule has 27 heavy (non-hydrogen) atoms. The molecule has 0 unspecified atom stereocenters. The molecule has 3 aromatic rings. The average Bonchev–Trinajstić information content (AvgIpc) is 2.65. The fourth-order valence-electron chi connectivity index (χ4n) is 2.90. The highest BCUT2D eigenvalue weighted by molar-refractivity contribution is 7.99. The summed E-state index contributed by atoms with van der Waals surface area (Å²) in [6, 6.07) is 13.2. The predicted molar refractivity (Wildman–Crippen MR) is 105 cm³/mol.